The molecule has 6 nitrogen and oxygen atoms in total. The first-order chi connectivity index (χ1) is 16.9. The van der Waals surface area contributed by atoms with E-state index in [9.17, 15) is 4.79 Å². The molecule has 1 aromatic heterocycles. The van der Waals surface area contributed by atoms with Crippen molar-refractivity contribution in [3.05, 3.63) is 23.4 Å². The van der Waals surface area contributed by atoms with Crippen molar-refractivity contribution in [3.8, 4) is 0 Å². The van der Waals surface area contributed by atoms with E-state index in [1.54, 1.807) is 6.26 Å². The van der Waals surface area contributed by atoms with E-state index in [4.69, 9.17) is 23.0 Å². The molecule has 0 aromatic carbocycles. The lowest BCUT2D eigenvalue weighted by molar-refractivity contribution is -0.255. The van der Waals surface area contributed by atoms with Crippen LogP contribution in [0.5, 0.6) is 0 Å². The number of carbonyl (C=O) groups excluding carboxylic acids is 1. The third-order valence-corrected chi connectivity index (χ3v) is 19.0. The van der Waals surface area contributed by atoms with Crippen LogP contribution in [0.4, 0.5) is 0 Å². The van der Waals surface area contributed by atoms with Crippen molar-refractivity contribution in [1.82, 2.24) is 4.98 Å². The van der Waals surface area contributed by atoms with Gasteiger partial charge in [0, 0.05) is 6.42 Å². The summed E-state index contributed by atoms with van der Waals surface area (Å²) in [7, 11) is -4.01. The van der Waals surface area contributed by atoms with E-state index in [2.05, 4.69) is 69.2 Å². The molecule has 1 aromatic rings. The predicted octanol–water partition coefficient (Wildman–Crippen LogP) is 8.21. The zero-order chi connectivity index (χ0) is 27.1. The van der Waals surface area contributed by atoms with Gasteiger partial charge in [0.1, 0.15) is 24.3 Å². The number of nitrogens with zero attached hydrogens (tertiary/aromatic N) is 1. The molecule has 8 heteroatoms. The first-order valence-electron chi connectivity index (χ1n) is 14.0. The van der Waals surface area contributed by atoms with Gasteiger partial charge in [-0.2, -0.15) is 0 Å². The van der Waals surface area contributed by atoms with Gasteiger partial charge in [0.15, 0.2) is 8.32 Å². The molecule has 0 amide bonds. The molecule has 2 atom stereocenters. The second-order valence-corrected chi connectivity index (χ2v) is 21.6. The summed E-state index contributed by atoms with van der Waals surface area (Å²) in [5, 5.41) is 0. The Labute approximate surface area is 221 Å². The van der Waals surface area contributed by atoms with Gasteiger partial charge < -0.3 is 22.8 Å². The summed E-state index contributed by atoms with van der Waals surface area (Å²) in [5.41, 5.74) is 3.45. The highest BCUT2D eigenvalue weighted by Crippen LogP contribution is 2.44. The predicted molar refractivity (Wildman–Crippen MR) is 152 cm³/mol. The van der Waals surface area contributed by atoms with Gasteiger partial charge in [-0.1, -0.05) is 62.3 Å². The highest BCUT2D eigenvalue weighted by Gasteiger charge is 2.50. The number of aldehydes is 1. The molecule has 36 heavy (non-hydrogen) atoms. The fourth-order valence-electron chi connectivity index (χ4n) is 6.15. The normalized spacial score (nSPS) is 22.1. The molecule has 0 N–H and O–H groups in total. The number of rotatable bonds is 14. The molecular formula is C28H51NO5Si2. The lowest BCUT2D eigenvalue weighted by Crippen LogP contribution is -2.50. The van der Waals surface area contributed by atoms with Crippen molar-refractivity contribution < 1.29 is 22.8 Å². The highest BCUT2D eigenvalue weighted by atomic mass is 28.4. The average Bonchev–Trinajstić information content (AvgIpc) is 3.31. The smallest absolute Gasteiger partial charge is 0.254 e. The molecule has 1 aliphatic rings. The van der Waals surface area contributed by atoms with Crippen LogP contribution in [0.25, 0.3) is 6.08 Å². The van der Waals surface area contributed by atoms with Gasteiger partial charge in [0.25, 0.3) is 5.89 Å². The van der Waals surface area contributed by atoms with Gasteiger partial charge in [0.2, 0.25) is 14.1 Å². The van der Waals surface area contributed by atoms with Crippen molar-refractivity contribution in [2.75, 3.05) is 6.61 Å². The van der Waals surface area contributed by atoms with E-state index < -0.39 is 28.5 Å². The SMILES string of the molecule is CC[Si](CC)(CC)O[C@@]1(c2nc(/C=C(\C)CO[Si](C(C)C)(C(C)C)C(C)C)co2)CCC[C@H](C=O)O1. The van der Waals surface area contributed by atoms with Crippen LogP contribution in [0.15, 0.2) is 16.3 Å². The molecule has 0 saturated carbocycles. The molecule has 1 fully saturated rings. The van der Waals surface area contributed by atoms with Crippen LogP contribution in [0.2, 0.25) is 34.8 Å². The Morgan fingerprint density at radius 2 is 1.69 bits per heavy atom. The summed E-state index contributed by atoms with van der Waals surface area (Å²) in [5.74, 6) is -0.666. The number of ether oxygens (including phenoxy) is 1. The van der Waals surface area contributed by atoms with Gasteiger partial charge in [-0.05, 0) is 66.2 Å². The minimum absolute atomic E-state index is 0.427. The second kappa shape index (κ2) is 13.1. The fraction of sp³-hybridized carbons (Fsp3) is 0.786. The van der Waals surface area contributed by atoms with Gasteiger partial charge in [-0.15, -0.1) is 0 Å². The summed E-state index contributed by atoms with van der Waals surface area (Å²) in [6, 6.07) is 2.94. The third kappa shape index (κ3) is 6.67. The maximum Gasteiger partial charge on any atom is 0.254 e. The molecular weight excluding hydrogens is 486 g/mol. The van der Waals surface area contributed by atoms with Crippen molar-refractivity contribution in [2.24, 2.45) is 0 Å². The van der Waals surface area contributed by atoms with E-state index in [-0.39, 0.29) is 0 Å². The van der Waals surface area contributed by atoms with Gasteiger partial charge in [-0.3, -0.25) is 0 Å². The van der Waals surface area contributed by atoms with Crippen LogP contribution in [0.1, 0.15) is 100 Å². The molecule has 2 heterocycles. The van der Waals surface area contributed by atoms with Crippen LogP contribution >= 0.6 is 0 Å². The maximum absolute atomic E-state index is 11.7. The second-order valence-electron chi connectivity index (χ2n) is 11.5. The largest absolute Gasteiger partial charge is 0.443 e. The van der Waals surface area contributed by atoms with Crippen LogP contribution in [0, 0.1) is 0 Å². The first kappa shape index (κ1) is 31.2. The van der Waals surface area contributed by atoms with Gasteiger partial charge >= 0.3 is 0 Å². The van der Waals surface area contributed by atoms with Crippen LogP contribution in [-0.4, -0.2) is 40.6 Å². The summed E-state index contributed by atoms with van der Waals surface area (Å²) < 4.78 is 26.0. The summed E-state index contributed by atoms with van der Waals surface area (Å²) in [6.07, 6.45) is 6.25. The topological polar surface area (TPSA) is 70.8 Å². The van der Waals surface area contributed by atoms with Crippen molar-refractivity contribution in [3.63, 3.8) is 0 Å². The van der Waals surface area contributed by atoms with Crippen LogP contribution in [0.3, 0.4) is 0 Å². The Hall–Kier alpha value is -1.07. The van der Waals surface area contributed by atoms with Crippen molar-refractivity contribution in [1.29, 1.82) is 0 Å². The van der Waals surface area contributed by atoms with E-state index in [0.717, 1.165) is 42.1 Å². The van der Waals surface area contributed by atoms with E-state index in [1.807, 2.05) is 6.08 Å². The fourth-order valence-corrected chi connectivity index (χ4v) is 14.5. The monoisotopic (exact) mass is 537 g/mol. The minimum Gasteiger partial charge on any atom is -0.443 e. The Kier molecular flexibility index (Phi) is 11.4. The molecule has 0 spiro atoms. The summed E-state index contributed by atoms with van der Waals surface area (Å²) >= 11 is 0. The quantitative estimate of drug-likeness (QED) is 0.176. The number of aromatic nitrogens is 1. The Morgan fingerprint density at radius 1 is 1.11 bits per heavy atom. The molecule has 2 rings (SSSR count). The number of oxazole rings is 1. The molecule has 1 saturated heterocycles. The molecule has 0 aliphatic carbocycles. The zero-order valence-corrected chi connectivity index (χ0v) is 26.5. The summed E-state index contributed by atoms with van der Waals surface area (Å²) in [6.45, 7) is 23.1. The van der Waals surface area contributed by atoms with Crippen LogP contribution in [-0.2, 0) is 24.2 Å². The molecule has 0 unspecified atom stereocenters. The van der Waals surface area contributed by atoms with E-state index in [1.165, 1.54) is 0 Å². The lowest BCUT2D eigenvalue weighted by Gasteiger charge is -2.43. The Morgan fingerprint density at radius 3 is 2.19 bits per heavy atom. The molecule has 1 aliphatic heterocycles. The third-order valence-electron chi connectivity index (χ3n) is 8.30. The molecule has 0 radical (unpaired) electrons. The van der Waals surface area contributed by atoms with Gasteiger partial charge in [-0.25, -0.2) is 4.98 Å². The highest BCUT2D eigenvalue weighted by molar-refractivity contribution is 6.77. The Bertz CT molecular complexity index is 832. The maximum atomic E-state index is 11.7. The average molecular weight is 538 g/mol. The Balaban J connectivity index is 2.33. The standard InChI is InChI=1S/C28H51NO5Si2/c1-11-35(12-2,13-3)34-28(16-14-15-26(18-30)33-28)27-29-25(20-31-27)17-24(10)19-32-36(21(4)5,22(6)7)23(8)9/h17-18,20-23,26H,11-16,19H2,1-10H3/b24-17+/t26-,28-/m1/s1. The molecule has 206 valence electrons. The van der Waals surface area contributed by atoms with Crippen LogP contribution < -0.4 is 0 Å². The molecule has 0 bridgehead atoms. The number of hydrogen-bond donors (Lipinski definition) is 0. The number of hydrogen-bond acceptors (Lipinski definition) is 6. The van der Waals surface area contributed by atoms with E-state index in [0.29, 0.717) is 42.0 Å². The lowest BCUT2D eigenvalue weighted by atomic mass is 10.0. The zero-order valence-electron chi connectivity index (χ0n) is 24.5. The van der Waals surface area contributed by atoms with E-state index >= 15 is 0 Å². The summed E-state index contributed by atoms with van der Waals surface area (Å²) in [4.78, 5) is 16.5. The number of carbonyl (C=O) groups is 1. The van der Waals surface area contributed by atoms with Crippen molar-refractivity contribution >= 4 is 29.0 Å². The minimum atomic E-state index is -2.06. The first-order valence-corrected chi connectivity index (χ1v) is 18.7. The van der Waals surface area contributed by atoms with Crippen molar-refractivity contribution in [2.45, 2.75) is 135 Å². The van der Waals surface area contributed by atoms with Gasteiger partial charge in [0.05, 0.1) is 6.61 Å².